The van der Waals surface area contributed by atoms with E-state index >= 15 is 0 Å². The summed E-state index contributed by atoms with van der Waals surface area (Å²) in [4.78, 5) is 41.6. The Balaban J connectivity index is 1.34. The molecule has 0 N–H and O–H groups in total. The molecule has 1 aliphatic rings. The molecule has 10 nitrogen and oxygen atoms in total. The molecule has 2 amide bonds. The number of fused-ring (bicyclic) bond motifs is 3. The topological polar surface area (TPSA) is 121 Å². The number of sulfonamides is 1. The van der Waals surface area contributed by atoms with E-state index in [1.165, 1.54) is 23.1 Å². The molecule has 7 rings (SSSR count). The van der Waals surface area contributed by atoms with E-state index in [-0.39, 0.29) is 31.1 Å². The van der Waals surface area contributed by atoms with Crippen molar-refractivity contribution in [2.45, 2.75) is 24.4 Å². The van der Waals surface area contributed by atoms with Gasteiger partial charge in [0.05, 0.1) is 35.1 Å². The first-order chi connectivity index (χ1) is 24.2. The van der Waals surface area contributed by atoms with Gasteiger partial charge in [0.1, 0.15) is 6.42 Å². The fraction of sp³-hybridized carbons (Fsp3) is 0.0769. The molecule has 0 saturated heterocycles. The van der Waals surface area contributed by atoms with Crippen LogP contribution >= 0.6 is 0 Å². The Morgan fingerprint density at radius 3 is 2.00 bits per heavy atom. The summed E-state index contributed by atoms with van der Waals surface area (Å²) in [5, 5.41) is 13.6. The van der Waals surface area contributed by atoms with Gasteiger partial charge >= 0.3 is 0 Å². The van der Waals surface area contributed by atoms with E-state index in [1.54, 1.807) is 53.4 Å². The standard InChI is InChI=1S/C39H30N4O6S/c44-37-25-38(45)42(35-24-19-30-15-7-8-16-33(30)39(35)40(37)26-28-11-3-1-4-12-28)32-22-20-31(21-23-32)41(27-29-13-5-2-6-14-29)50(48,49)36-18-10-9-17-34(36)43(46)47/h1-24H,25-27H2. The first-order valence-electron chi connectivity index (χ1n) is 15.8. The number of nitrogens with zero attached hydrogens (tertiary/aromatic N) is 4. The van der Waals surface area contributed by atoms with Crippen molar-refractivity contribution >= 4 is 61.0 Å². The largest absolute Gasteiger partial charge is 0.305 e. The van der Waals surface area contributed by atoms with Gasteiger partial charge in [0.2, 0.25) is 11.8 Å². The van der Waals surface area contributed by atoms with Gasteiger partial charge in [-0.15, -0.1) is 0 Å². The zero-order valence-electron chi connectivity index (χ0n) is 26.6. The van der Waals surface area contributed by atoms with Gasteiger partial charge in [-0.05, 0) is 52.9 Å². The number of rotatable bonds is 9. The maximum Gasteiger partial charge on any atom is 0.289 e. The van der Waals surface area contributed by atoms with Gasteiger partial charge in [-0.3, -0.25) is 28.9 Å². The highest BCUT2D eigenvalue weighted by Gasteiger charge is 2.35. The van der Waals surface area contributed by atoms with Crippen molar-refractivity contribution in [1.82, 2.24) is 0 Å². The monoisotopic (exact) mass is 682 g/mol. The molecule has 0 atom stereocenters. The van der Waals surface area contributed by atoms with Crippen LogP contribution in [0.2, 0.25) is 0 Å². The number of para-hydroxylation sites is 1. The van der Waals surface area contributed by atoms with Gasteiger partial charge in [0, 0.05) is 17.1 Å². The second-order valence-corrected chi connectivity index (χ2v) is 13.6. The number of carbonyl (C=O) groups excluding carboxylic acids is 2. The Labute approximate surface area is 288 Å². The molecule has 0 bridgehead atoms. The number of hydrogen-bond donors (Lipinski definition) is 0. The van der Waals surface area contributed by atoms with E-state index in [9.17, 15) is 28.1 Å². The van der Waals surface area contributed by atoms with Crippen LogP contribution in [0.25, 0.3) is 10.8 Å². The third-order valence-electron chi connectivity index (χ3n) is 8.62. The van der Waals surface area contributed by atoms with Crippen molar-refractivity contribution in [2.75, 3.05) is 14.1 Å². The number of nitro groups is 1. The Kier molecular flexibility index (Phi) is 8.57. The molecule has 1 heterocycles. The summed E-state index contributed by atoms with van der Waals surface area (Å²) in [6.45, 7) is 0.160. The third-order valence-corrected chi connectivity index (χ3v) is 10.4. The van der Waals surface area contributed by atoms with Crippen LogP contribution in [0.5, 0.6) is 0 Å². The van der Waals surface area contributed by atoms with E-state index in [0.717, 1.165) is 26.7 Å². The van der Waals surface area contributed by atoms with E-state index in [2.05, 4.69) is 0 Å². The smallest absolute Gasteiger partial charge is 0.289 e. The van der Waals surface area contributed by atoms with E-state index in [0.29, 0.717) is 22.6 Å². The number of benzene rings is 6. The molecule has 0 aromatic heterocycles. The second-order valence-electron chi connectivity index (χ2n) is 11.8. The van der Waals surface area contributed by atoms with Gasteiger partial charge in [-0.2, -0.15) is 0 Å². The van der Waals surface area contributed by atoms with E-state index < -0.39 is 31.4 Å². The molecule has 11 heteroatoms. The van der Waals surface area contributed by atoms with Crippen molar-refractivity contribution < 1.29 is 22.9 Å². The predicted octanol–water partition coefficient (Wildman–Crippen LogP) is 7.75. The second kappa shape index (κ2) is 13.3. The summed E-state index contributed by atoms with van der Waals surface area (Å²) in [5.41, 5.74) is 2.80. The van der Waals surface area contributed by atoms with Crippen LogP contribution in [0.1, 0.15) is 17.5 Å². The highest BCUT2D eigenvalue weighted by Crippen LogP contribution is 2.44. The number of amides is 2. The minimum Gasteiger partial charge on any atom is -0.305 e. The summed E-state index contributed by atoms with van der Waals surface area (Å²) < 4.78 is 29.5. The Hall–Kier alpha value is -6.33. The first-order valence-corrected chi connectivity index (χ1v) is 17.3. The molecule has 6 aromatic rings. The van der Waals surface area contributed by atoms with Crippen LogP contribution in [0, 0.1) is 10.1 Å². The molecule has 1 aliphatic heterocycles. The molecule has 0 fully saturated rings. The highest BCUT2D eigenvalue weighted by molar-refractivity contribution is 7.93. The zero-order chi connectivity index (χ0) is 34.8. The van der Waals surface area contributed by atoms with Crippen LogP contribution in [-0.2, 0) is 32.7 Å². The summed E-state index contributed by atoms with van der Waals surface area (Å²) >= 11 is 0. The number of hydrogen-bond acceptors (Lipinski definition) is 6. The van der Waals surface area contributed by atoms with Crippen molar-refractivity contribution in [3.63, 3.8) is 0 Å². The summed E-state index contributed by atoms with van der Waals surface area (Å²) in [6.07, 6.45) is -0.385. The van der Waals surface area contributed by atoms with Crippen molar-refractivity contribution in [2.24, 2.45) is 0 Å². The van der Waals surface area contributed by atoms with Crippen LogP contribution in [-0.4, -0.2) is 25.2 Å². The maximum absolute atomic E-state index is 14.2. The third kappa shape index (κ3) is 6.06. The van der Waals surface area contributed by atoms with E-state index in [1.807, 2.05) is 72.8 Å². The minimum absolute atomic E-state index is 0.102. The lowest BCUT2D eigenvalue weighted by Crippen LogP contribution is -2.32. The van der Waals surface area contributed by atoms with Crippen LogP contribution < -0.4 is 14.1 Å². The Morgan fingerprint density at radius 1 is 0.680 bits per heavy atom. The van der Waals surface area contributed by atoms with Crippen LogP contribution in [0.4, 0.5) is 28.4 Å². The van der Waals surface area contributed by atoms with Gasteiger partial charge < -0.3 is 4.90 Å². The quantitative estimate of drug-likeness (QED) is 0.0874. The molecule has 248 valence electrons. The van der Waals surface area contributed by atoms with Crippen LogP contribution in [0.15, 0.2) is 150 Å². The molecular formula is C39H30N4O6S. The predicted molar refractivity (Wildman–Crippen MR) is 193 cm³/mol. The first kappa shape index (κ1) is 32.2. The van der Waals surface area contributed by atoms with Crippen molar-refractivity contribution in [3.05, 3.63) is 167 Å². The maximum atomic E-state index is 14.2. The minimum atomic E-state index is -4.44. The molecule has 0 saturated carbocycles. The summed E-state index contributed by atoms with van der Waals surface area (Å²) in [7, 11) is -4.44. The number of carbonyl (C=O) groups is 2. The summed E-state index contributed by atoms with van der Waals surface area (Å²) in [5.74, 6) is -0.788. The zero-order valence-corrected chi connectivity index (χ0v) is 27.4. The van der Waals surface area contributed by atoms with Gasteiger partial charge in [0.15, 0.2) is 4.90 Å². The van der Waals surface area contributed by atoms with Gasteiger partial charge in [-0.1, -0.05) is 103 Å². The molecular weight excluding hydrogens is 653 g/mol. The summed E-state index contributed by atoms with van der Waals surface area (Å²) in [6, 6.07) is 41.5. The lowest BCUT2D eigenvalue weighted by Gasteiger charge is -2.28. The molecule has 0 spiro atoms. The Bertz CT molecular complexity index is 2350. The SMILES string of the molecule is O=C1CC(=O)N(c2ccc(N(Cc3ccccc3)S(=O)(=O)c3ccccc3[N+](=O)[O-])cc2)c2ccc3ccccc3c2N1Cc1ccccc1. The molecule has 0 aliphatic carbocycles. The van der Waals surface area contributed by atoms with Gasteiger partial charge in [-0.25, -0.2) is 8.42 Å². The molecule has 0 unspecified atom stereocenters. The molecule has 6 aromatic carbocycles. The fourth-order valence-electron chi connectivity index (χ4n) is 6.26. The average molecular weight is 683 g/mol. The number of anilines is 4. The van der Waals surface area contributed by atoms with Crippen LogP contribution in [0.3, 0.4) is 0 Å². The van der Waals surface area contributed by atoms with Gasteiger partial charge in [0.25, 0.3) is 15.7 Å². The highest BCUT2D eigenvalue weighted by atomic mass is 32.2. The average Bonchev–Trinajstić information content (AvgIpc) is 3.24. The molecule has 0 radical (unpaired) electrons. The lowest BCUT2D eigenvalue weighted by molar-refractivity contribution is -0.387. The lowest BCUT2D eigenvalue weighted by atomic mass is 10.0. The number of nitro benzene ring substituents is 1. The molecule has 50 heavy (non-hydrogen) atoms. The van der Waals surface area contributed by atoms with Crippen molar-refractivity contribution in [3.8, 4) is 0 Å². The Morgan fingerprint density at radius 2 is 1.30 bits per heavy atom. The van der Waals surface area contributed by atoms with E-state index in [4.69, 9.17) is 0 Å². The van der Waals surface area contributed by atoms with Crippen molar-refractivity contribution in [1.29, 1.82) is 0 Å². The fourth-order valence-corrected chi connectivity index (χ4v) is 7.88. The normalized spacial score (nSPS) is 13.2.